The van der Waals surface area contributed by atoms with Crippen molar-refractivity contribution in [2.45, 2.75) is 32.7 Å². The van der Waals surface area contributed by atoms with E-state index in [9.17, 15) is 0 Å². The Morgan fingerprint density at radius 1 is 1.35 bits per heavy atom. The van der Waals surface area contributed by atoms with E-state index in [0.29, 0.717) is 24.1 Å². The van der Waals surface area contributed by atoms with Gasteiger partial charge in [-0.1, -0.05) is 43.6 Å². The number of hydrogen-bond acceptors (Lipinski definition) is 5. The maximum Gasteiger partial charge on any atom is 0.243 e. The van der Waals surface area contributed by atoms with Crippen LogP contribution in [0.3, 0.4) is 0 Å². The molecule has 1 aromatic carbocycles. The minimum atomic E-state index is -0.209. The maximum atomic E-state index is 6.09. The molecule has 2 N–H and O–H groups in total. The van der Waals surface area contributed by atoms with Crippen molar-refractivity contribution in [3.05, 3.63) is 41.5 Å². The first-order valence-electron chi connectivity index (χ1n) is 6.85. The highest BCUT2D eigenvalue weighted by Gasteiger charge is 2.20. The quantitative estimate of drug-likeness (QED) is 0.877. The van der Waals surface area contributed by atoms with Gasteiger partial charge in [-0.25, -0.2) is 0 Å². The molecule has 108 valence electrons. The summed E-state index contributed by atoms with van der Waals surface area (Å²) in [6, 6.07) is 7.59. The first-order valence-corrected chi connectivity index (χ1v) is 6.85. The lowest BCUT2D eigenvalue weighted by Gasteiger charge is -2.13. The van der Waals surface area contributed by atoms with Crippen LogP contribution in [-0.2, 0) is 6.42 Å². The van der Waals surface area contributed by atoms with E-state index in [-0.39, 0.29) is 6.04 Å². The highest BCUT2D eigenvalue weighted by atomic mass is 16.5. The topological polar surface area (TPSA) is 74.2 Å². The number of aromatic nitrogens is 2. The van der Waals surface area contributed by atoms with E-state index in [1.807, 2.05) is 24.3 Å². The summed E-state index contributed by atoms with van der Waals surface area (Å²) in [5.74, 6) is 2.27. The van der Waals surface area contributed by atoms with Crippen LogP contribution in [0.4, 0.5) is 0 Å². The van der Waals surface area contributed by atoms with Crippen LogP contribution < -0.4 is 10.5 Å². The Labute approximate surface area is 119 Å². The largest absolute Gasteiger partial charge is 0.496 e. The van der Waals surface area contributed by atoms with Crippen LogP contribution in [0.5, 0.6) is 5.75 Å². The first-order chi connectivity index (χ1) is 9.65. The normalized spacial score (nSPS) is 14.0. The molecule has 1 aromatic heterocycles. The molecule has 2 aromatic rings. The van der Waals surface area contributed by atoms with Crippen molar-refractivity contribution in [1.82, 2.24) is 10.1 Å². The fourth-order valence-electron chi connectivity index (χ4n) is 1.99. The van der Waals surface area contributed by atoms with Crippen LogP contribution in [0.1, 0.15) is 43.6 Å². The average molecular weight is 275 g/mol. The van der Waals surface area contributed by atoms with E-state index in [1.54, 1.807) is 7.11 Å². The smallest absolute Gasteiger partial charge is 0.243 e. The predicted octanol–water partition coefficient (Wildman–Crippen LogP) is 2.71. The van der Waals surface area contributed by atoms with Gasteiger partial charge in [0.05, 0.1) is 13.2 Å². The van der Waals surface area contributed by atoms with Gasteiger partial charge in [-0.15, -0.1) is 0 Å². The van der Waals surface area contributed by atoms with Crippen LogP contribution in [0.2, 0.25) is 0 Å². The van der Waals surface area contributed by atoms with Gasteiger partial charge in [0.15, 0.2) is 5.82 Å². The van der Waals surface area contributed by atoms with Gasteiger partial charge in [-0.2, -0.15) is 4.98 Å². The molecular weight excluding hydrogens is 254 g/mol. The Balaban J connectivity index is 2.13. The van der Waals surface area contributed by atoms with Crippen molar-refractivity contribution in [3.63, 3.8) is 0 Å². The first kappa shape index (κ1) is 14.5. The lowest BCUT2D eigenvalue weighted by atomic mass is 10.0. The van der Waals surface area contributed by atoms with Gasteiger partial charge in [0.1, 0.15) is 5.75 Å². The van der Waals surface area contributed by atoms with Crippen LogP contribution in [-0.4, -0.2) is 17.3 Å². The zero-order valence-corrected chi connectivity index (χ0v) is 12.2. The molecule has 0 aliphatic heterocycles. The second-order valence-electron chi connectivity index (χ2n) is 4.95. The molecule has 5 nitrogen and oxygen atoms in total. The lowest BCUT2D eigenvalue weighted by Crippen LogP contribution is -2.18. The van der Waals surface area contributed by atoms with Gasteiger partial charge in [-0.3, -0.25) is 0 Å². The number of rotatable bonds is 6. The maximum absolute atomic E-state index is 6.09. The van der Waals surface area contributed by atoms with Gasteiger partial charge in [0.2, 0.25) is 5.89 Å². The highest BCUT2D eigenvalue weighted by molar-refractivity contribution is 5.35. The molecule has 0 amide bonds. The molecule has 0 fully saturated rings. The third-order valence-corrected chi connectivity index (χ3v) is 3.57. The average Bonchev–Trinajstić information content (AvgIpc) is 2.94. The summed E-state index contributed by atoms with van der Waals surface area (Å²) in [7, 11) is 1.65. The van der Waals surface area contributed by atoms with Crippen molar-refractivity contribution >= 4 is 0 Å². The number of hydrogen-bond donors (Lipinski definition) is 1. The van der Waals surface area contributed by atoms with Crippen LogP contribution >= 0.6 is 0 Å². The fraction of sp³-hybridized carbons (Fsp3) is 0.467. The van der Waals surface area contributed by atoms with Crippen LogP contribution in [0.25, 0.3) is 0 Å². The lowest BCUT2D eigenvalue weighted by molar-refractivity contribution is 0.310. The van der Waals surface area contributed by atoms with E-state index in [2.05, 4.69) is 24.0 Å². The van der Waals surface area contributed by atoms with Crippen molar-refractivity contribution in [3.8, 4) is 5.75 Å². The van der Waals surface area contributed by atoms with Crippen LogP contribution in [0, 0.1) is 5.92 Å². The highest BCUT2D eigenvalue weighted by Crippen LogP contribution is 2.23. The predicted molar refractivity (Wildman–Crippen MR) is 76.5 cm³/mol. The fourth-order valence-corrected chi connectivity index (χ4v) is 1.99. The summed E-state index contributed by atoms with van der Waals surface area (Å²) in [4.78, 5) is 4.39. The third kappa shape index (κ3) is 3.17. The summed E-state index contributed by atoms with van der Waals surface area (Å²) < 4.78 is 10.6. The molecule has 0 spiro atoms. The van der Waals surface area contributed by atoms with Gasteiger partial charge in [-0.05, 0) is 12.0 Å². The van der Waals surface area contributed by atoms with Crippen molar-refractivity contribution in [2.24, 2.45) is 11.7 Å². The Morgan fingerprint density at radius 2 is 2.10 bits per heavy atom. The molecule has 0 saturated carbocycles. The van der Waals surface area contributed by atoms with E-state index in [0.717, 1.165) is 17.7 Å². The Hall–Kier alpha value is -1.88. The molecule has 0 aliphatic rings. The number of benzene rings is 1. The molecule has 20 heavy (non-hydrogen) atoms. The molecule has 5 heteroatoms. The number of nitrogens with two attached hydrogens (primary N) is 1. The van der Waals surface area contributed by atoms with Crippen molar-refractivity contribution in [2.75, 3.05) is 7.11 Å². The molecule has 0 radical (unpaired) electrons. The molecule has 2 atom stereocenters. The Kier molecular flexibility index (Phi) is 4.74. The minimum absolute atomic E-state index is 0.209. The van der Waals surface area contributed by atoms with Crippen molar-refractivity contribution in [1.29, 1.82) is 0 Å². The number of methoxy groups -OCH3 is 1. The minimum Gasteiger partial charge on any atom is -0.496 e. The molecule has 0 aliphatic carbocycles. The van der Waals surface area contributed by atoms with E-state index >= 15 is 0 Å². The zero-order chi connectivity index (χ0) is 14.5. The number of nitrogens with zero attached hydrogens (tertiary/aromatic N) is 2. The molecule has 2 rings (SSSR count). The van der Waals surface area contributed by atoms with E-state index in [4.69, 9.17) is 15.0 Å². The molecule has 2 unspecified atom stereocenters. The summed E-state index contributed by atoms with van der Waals surface area (Å²) in [6.45, 7) is 4.17. The van der Waals surface area contributed by atoms with Crippen LogP contribution in [0.15, 0.2) is 28.8 Å². The Bertz CT molecular complexity index is 554. The van der Waals surface area contributed by atoms with E-state index < -0.39 is 0 Å². The monoisotopic (exact) mass is 275 g/mol. The summed E-state index contributed by atoms with van der Waals surface area (Å²) in [5.41, 5.74) is 7.12. The second-order valence-corrected chi connectivity index (χ2v) is 4.95. The van der Waals surface area contributed by atoms with Gasteiger partial charge in [0.25, 0.3) is 0 Å². The summed E-state index contributed by atoms with van der Waals surface area (Å²) in [6.07, 6.45) is 1.55. The zero-order valence-electron chi connectivity index (χ0n) is 12.2. The van der Waals surface area contributed by atoms with Gasteiger partial charge in [0, 0.05) is 12.0 Å². The molecule has 0 saturated heterocycles. The SMILES string of the molecule is CCC(C)C(N)c1nc(Cc2ccccc2OC)no1. The Morgan fingerprint density at radius 3 is 2.80 bits per heavy atom. The second kappa shape index (κ2) is 6.52. The molecule has 0 bridgehead atoms. The summed E-state index contributed by atoms with van der Waals surface area (Å²) in [5, 5.41) is 4.00. The van der Waals surface area contributed by atoms with Gasteiger partial charge >= 0.3 is 0 Å². The standard InChI is InChI=1S/C15H21N3O2/c1-4-10(2)14(16)15-17-13(18-20-15)9-11-7-5-6-8-12(11)19-3/h5-8,10,14H,4,9,16H2,1-3H3. The molecule has 1 heterocycles. The van der Waals surface area contributed by atoms with E-state index in [1.165, 1.54) is 0 Å². The van der Waals surface area contributed by atoms with Crippen molar-refractivity contribution < 1.29 is 9.26 Å². The molecular formula is C15H21N3O2. The number of para-hydroxylation sites is 1. The van der Waals surface area contributed by atoms with Gasteiger partial charge < -0.3 is 15.0 Å². The third-order valence-electron chi connectivity index (χ3n) is 3.57. The summed E-state index contributed by atoms with van der Waals surface area (Å²) >= 11 is 0. The number of ether oxygens (including phenoxy) is 1.